The molecule has 0 spiro atoms. The molecule has 8 nitrogen and oxygen atoms in total. The lowest BCUT2D eigenvalue weighted by Crippen LogP contribution is -2.55. The number of hydrogen-bond donors (Lipinski definition) is 2. The summed E-state index contributed by atoms with van der Waals surface area (Å²) in [6.45, 7) is 4.71. The van der Waals surface area contributed by atoms with Gasteiger partial charge in [0.25, 0.3) is 11.8 Å². The van der Waals surface area contributed by atoms with Crippen molar-refractivity contribution in [3.63, 3.8) is 0 Å². The zero-order valence-electron chi connectivity index (χ0n) is 19.9. The van der Waals surface area contributed by atoms with Crippen LogP contribution in [0.2, 0.25) is 0 Å². The molecule has 2 N–H and O–H groups in total. The summed E-state index contributed by atoms with van der Waals surface area (Å²) in [6, 6.07) is 9.98. The zero-order valence-corrected chi connectivity index (χ0v) is 19.9. The molecule has 0 unspecified atom stereocenters. The third-order valence-electron chi connectivity index (χ3n) is 6.61. The van der Waals surface area contributed by atoms with Gasteiger partial charge in [0.1, 0.15) is 11.9 Å². The number of rotatable bonds is 7. The molecule has 1 saturated heterocycles. The molecule has 2 aromatic carbocycles. The van der Waals surface area contributed by atoms with E-state index in [1.54, 1.807) is 35.2 Å². The monoisotopic (exact) mass is 483 g/mol. The van der Waals surface area contributed by atoms with Crippen LogP contribution in [0, 0.1) is 11.7 Å². The van der Waals surface area contributed by atoms with E-state index in [0.717, 1.165) is 6.42 Å². The van der Waals surface area contributed by atoms with Crippen LogP contribution < -0.4 is 20.1 Å². The number of carbonyl (C=O) groups is 3. The van der Waals surface area contributed by atoms with Gasteiger partial charge in [-0.3, -0.25) is 14.4 Å². The Morgan fingerprint density at radius 1 is 1.06 bits per heavy atom. The van der Waals surface area contributed by atoms with Gasteiger partial charge in [0.05, 0.1) is 5.56 Å². The van der Waals surface area contributed by atoms with Crippen molar-refractivity contribution in [1.29, 1.82) is 0 Å². The lowest BCUT2D eigenvalue weighted by molar-refractivity contribution is -0.125. The van der Waals surface area contributed by atoms with Crippen LogP contribution in [0.5, 0.6) is 11.5 Å². The topological polar surface area (TPSA) is 97.0 Å². The standard InChI is InChI=1S/C26H30FN3O5/c1-3-16(2)28-25(32)23(29-24(31)18-8-9-21-22(14-18)35-15-34-21)17-10-12-30(13-11-17)26(33)19-6-4-5-7-20(19)27/h4-9,14,16-17,23H,3,10-13,15H2,1-2H3,(H,28,32)(H,29,31)/t16-,23+/m1/s1. The first kappa shape index (κ1) is 24.5. The van der Waals surface area contributed by atoms with E-state index in [0.29, 0.717) is 43.0 Å². The minimum atomic E-state index is -0.771. The second-order valence-corrected chi connectivity index (χ2v) is 8.95. The lowest BCUT2D eigenvalue weighted by atomic mass is 9.88. The summed E-state index contributed by atoms with van der Waals surface area (Å²) in [5.74, 6) is -0.697. The van der Waals surface area contributed by atoms with Crippen LogP contribution in [-0.2, 0) is 4.79 Å². The maximum atomic E-state index is 14.1. The Kier molecular flexibility index (Phi) is 7.53. The molecule has 2 heterocycles. The highest BCUT2D eigenvalue weighted by molar-refractivity contribution is 5.98. The molecule has 2 aliphatic rings. The molecule has 2 aromatic rings. The molecule has 1 fully saturated rings. The van der Waals surface area contributed by atoms with Gasteiger partial charge >= 0.3 is 0 Å². The molecule has 0 aromatic heterocycles. The quantitative estimate of drug-likeness (QED) is 0.631. The number of fused-ring (bicyclic) bond motifs is 1. The number of piperidine rings is 1. The van der Waals surface area contributed by atoms with E-state index in [1.165, 1.54) is 12.1 Å². The molecular formula is C26H30FN3O5. The highest BCUT2D eigenvalue weighted by Gasteiger charge is 2.35. The maximum absolute atomic E-state index is 14.1. The molecule has 2 aliphatic heterocycles. The molecule has 9 heteroatoms. The fraction of sp³-hybridized carbons (Fsp3) is 0.423. The highest BCUT2D eigenvalue weighted by Crippen LogP contribution is 2.32. The van der Waals surface area contributed by atoms with Crippen LogP contribution in [0.3, 0.4) is 0 Å². The first-order valence-corrected chi connectivity index (χ1v) is 11.9. The average Bonchev–Trinajstić information content (AvgIpc) is 3.35. The summed E-state index contributed by atoms with van der Waals surface area (Å²) in [5, 5.41) is 5.86. The number of nitrogens with one attached hydrogen (secondary N) is 2. The first-order chi connectivity index (χ1) is 16.9. The number of likely N-dealkylation sites (tertiary alicyclic amines) is 1. The van der Waals surface area contributed by atoms with Gasteiger partial charge in [-0.25, -0.2) is 4.39 Å². The fourth-order valence-electron chi connectivity index (χ4n) is 4.34. The van der Waals surface area contributed by atoms with E-state index < -0.39 is 17.8 Å². The summed E-state index contributed by atoms with van der Waals surface area (Å²) in [6.07, 6.45) is 1.75. The summed E-state index contributed by atoms with van der Waals surface area (Å²) < 4.78 is 24.7. The van der Waals surface area contributed by atoms with Crippen LogP contribution >= 0.6 is 0 Å². The smallest absolute Gasteiger partial charge is 0.256 e. The third kappa shape index (κ3) is 5.55. The summed E-state index contributed by atoms with van der Waals surface area (Å²) in [7, 11) is 0. The van der Waals surface area contributed by atoms with Crippen LogP contribution in [0.4, 0.5) is 4.39 Å². The Balaban J connectivity index is 1.46. The van der Waals surface area contributed by atoms with Crippen molar-refractivity contribution < 1.29 is 28.2 Å². The van der Waals surface area contributed by atoms with Crippen molar-refractivity contribution in [2.24, 2.45) is 5.92 Å². The molecule has 186 valence electrons. The summed E-state index contributed by atoms with van der Waals surface area (Å²) >= 11 is 0. The van der Waals surface area contributed by atoms with Crippen molar-refractivity contribution in [2.45, 2.75) is 45.2 Å². The van der Waals surface area contributed by atoms with Crippen molar-refractivity contribution in [1.82, 2.24) is 15.5 Å². The number of carbonyl (C=O) groups excluding carboxylic acids is 3. The van der Waals surface area contributed by atoms with Gasteiger partial charge in [0.15, 0.2) is 11.5 Å². The van der Waals surface area contributed by atoms with E-state index in [2.05, 4.69) is 10.6 Å². The largest absolute Gasteiger partial charge is 0.454 e. The van der Waals surface area contributed by atoms with E-state index in [9.17, 15) is 18.8 Å². The lowest BCUT2D eigenvalue weighted by Gasteiger charge is -2.36. The fourth-order valence-corrected chi connectivity index (χ4v) is 4.34. The van der Waals surface area contributed by atoms with Crippen LogP contribution in [-0.4, -0.2) is 54.6 Å². The molecule has 2 atom stereocenters. The first-order valence-electron chi connectivity index (χ1n) is 11.9. The Labute approximate surface area is 203 Å². The van der Waals surface area contributed by atoms with Gasteiger partial charge in [0, 0.05) is 24.7 Å². The number of ether oxygens (including phenoxy) is 2. The molecule has 4 rings (SSSR count). The number of hydrogen-bond acceptors (Lipinski definition) is 5. The van der Waals surface area contributed by atoms with Crippen molar-refractivity contribution >= 4 is 17.7 Å². The normalized spacial score (nSPS) is 16.9. The van der Waals surface area contributed by atoms with Crippen LogP contribution in [0.15, 0.2) is 42.5 Å². The van der Waals surface area contributed by atoms with Gasteiger partial charge in [-0.2, -0.15) is 0 Å². The van der Waals surface area contributed by atoms with Crippen LogP contribution in [0.1, 0.15) is 53.8 Å². The third-order valence-corrected chi connectivity index (χ3v) is 6.61. The predicted molar refractivity (Wildman–Crippen MR) is 127 cm³/mol. The van der Waals surface area contributed by atoms with Crippen molar-refractivity contribution in [3.05, 3.63) is 59.4 Å². The maximum Gasteiger partial charge on any atom is 0.256 e. The zero-order chi connectivity index (χ0) is 24.9. The van der Waals surface area contributed by atoms with Crippen molar-refractivity contribution in [2.75, 3.05) is 19.9 Å². The van der Waals surface area contributed by atoms with E-state index in [1.807, 2.05) is 13.8 Å². The summed E-state index contributed by atoms with van der Waals surface area (Å²) in [5.41, 5.74) is 0.399. The highest BCUT2D eigenvalue weighted by atomic mass is 19.1. The second-order valence-electron chi connectivity index (χ2n) is 8.95. The molecule has 35 heavy (non-hydrogen) atoms. The second kappa shape index (κ2) is 10.8. The minimum Gasteiger partial charge on any atom is -0.454 e. The van der Waals surface area contributed by atoms with Gasteiger partial charge in [-0.15, -0.1) is 0 Å². The molecule has 0 bridgehead atoms. The van der Waals surface area contributed by atoms with Crippen LogP contribution in [0.25, 0.3) is 0 Å². The Bertz CT molecular complexity index is 1100. The van der Waals surface area contributed by atoms with E-state index >= 15 is 0 Å². The number of nitrogens with zero attached hydrogens (tertiary/aromatic N) is 1. The van der Waals surface area contributed by atoms with Crippen molar-refractivity contribution in [3.8, 4) is 11.5 Å². The van der Waals surface area contributed by atoms with E-state index in [4.69, 9.17) is 9.47 Å². The van der Waals surface area contributed by atoms with Gasteiger partial charge in [-0.1, -0.05) is 19.1 Å². The molecule has 0 aliphatic carbocycles. The van der Waals surface area contributed by atoms with Gasteiger partial charge in [0.2, 0.25) is 12.7 Å². The predicted octanol–water partition coefficient (Wildman–Crippen LogP) is 3.12. The molecule has 3 amide bonds. The molecule has 0 radical (unpaired) electrons. The SMILES string of the molecule is CC[C@@H](C)NC(=O)[C@@H](NC(=O)c1ccc2c(c1)OCO2)C1CCN(C(=O)c2ccccc2F)CC1. The molecular weight excluding hydrogens is 453 g/mol. The average molecular weight is 484 g/mol. The van der Waals surface area contributed by atoms with Gasteiger partial charge < -0.3 is 25.0 Å². The Hall–Kier alpha value is -3.62. The molecule has 0 saturated carbocycles. The number of benzene rings is 2. The number of amides is 3. The van der Waals surface area contributed by atoms with Gasteiger partial charge in [-0.05, 0) is 62.4 Å². The number of halogens is 1. The minimum absolute atomic E-state index is 0.0353. The van der Waals surface area contributed by atoms with E-state index in [-0.39, 0.29) is 36.1 Å². The Morgan fingerprint density at radius 3 is 2.49 bits per heavy atom. The Morgan fingerprint density at radius 2 is 1.77 bits per heavy atom. The summed E-state index contributed by atoms with van der Waals surface area (Å²) in [4.78, 5) is 40.6.